The van der Waals surface area contributed by atoms with Crippen molar-refractivity contribution in [1.82, 2.24) is 9.55 Å². The molecule has 2 heterocycles. The van der Waals surface area contributed by atoms with Gasteiger partial charge in [0, 0.05) is 24.7 Å². The van der Waals surface area contributed by atoms with E-state index in [1.54, 1.807) is 42.0 Å². The number of hydrogen-bond donors (Lipinski definition) is 1. The van der Waals surface area contributed by atoms with Crippen molar-refractivity contribution in [3.63, 3.8) is 0 Å². The molecule has 7 nitrogen and oxygen atoms in total. The van der Waals surface area contributed by atoms with Crippen LogP contribution in [0.15, 0.2) is 47.3 Å². The van der Waals surface area contributed by atoms with Gasteiger partial charge in [-0.15, -0.1) is 0 Å². The van der Waals surface area contributed by atoms with Gasteiger partial charge in [-0.2, -0.15) is 0 Å². The van der Waals surface area contributed by atoms with Crippen LogP contribution in [0.2, 0.25) is 0 Å². The number of nitrogens with one attached hydrogen (secondary N) is 1. The molecule has 1 aliphatic heterocycles. The molecular weight excluding hydrogens is 394 g/mol. The van der Waals surface area contributed by atoms with Gasteiger partial charge in [-0.05, 0) is 61.7 Å². The predicted molar refractivity (Wildman–Crippen MR) is 121 cm³/mol. The summed E-state index contributed by atoms with van der Waals surface area (Å²) in [4.78, 5) is 29.9. The van der Waals surface area contributed by atoms with Crippen LogP contribution >= 0.6 is 0 Å². The molecule has 0 saturated heterocycles. The molecule has 1 amide bonds. The smallest absolute Gasteiger partial charge is 0.261 e. The maximum atomic E-state index is 12.8. The maximum absolute atomic E-state index is 12.8. The second-order valence-electron chi connectivity index (χ2n) is 7.34. The van der Waals surface area contributed by atoms with Gasteiger partial charge in [0.1, 0.15) is 5.82 Å². The third kappa shape index (κ3) is 4.45. The Hall–Kier alpha value is -3.61. The number of anilines is 1. The van der Waals surface area contributed by atoms with E-state index < -0.39 is 0 Å². The van der Waals surface area contributed by atoms with Crippen molar-refractivity contribution in [1.29, 1.82) is 0 Å². The first-order valence-corrected chi connectivity index (χ1v) is 10.4. The lowest BCUT2D eigenvalue weighted by Crippen LogP contribution is -2.28. The summed E-state index contributed by atoms with van der Waals surface area (Å²) in [7, 11) is 1.58. The molecule has 0 bridgehead atoms. The Kier molecular flexibility index (Phi) is 6.02. The highest BCUT2D eigenvalue weighted by Gasteiger charge is 2.15. The SMILES string of the molecule is CCOc1ccc(C=CC(=O)Nc2ccc3nc4n(c(=O)c3c2)CCCC4)cc1OC. The number of carbonyl (C=O) groups is 1. The number of carbonyl (C=O) groups excluding carboxylic acids is 1. The predicted octanol–water partition coefficient (Wildman–Crippen LogP) is 3.79. The topological polar surface area (TPSA) is 82.5 Å². The molecule has 0 fully saturated rings. The first-order valence-electron chi connectivity index (χ1n) is 10.4. The summed E-state index contributed by atoms with van der Waals surface area (Å²) >= 11 is 0. The van der Waals surface area contributed by atoms with Gasteiger partial charge in [0.2, 0.25) is 5.91 Å². The zero-order valence-electron chi connectivity index (χ0n) is 17.7. The number of amides is 1. The van der Waals surface area contributed by atoms with E-state index in [1.165, 1.54) is 6.08 Å². The van der Waals surface area contributed by atoms with Crippen molar-refractivity contribution in [2.24, 2.45) is 0 Å². The van der Waals surface area contributed by atoms with Crippen LogP contribution in [0.4, 0.5) is 5.69 Å². The van der Waals surface area contributed by atoms with E-state index in [1.807, 2.05) is 19.1 Å². The first-order chi connectivity index (χ1) is 15.1. The normalized spacial score (nSPS) is 13.2. The molecule has 1 aromatic heterocycles. The van der Waals surface area contributed by atoms with Crippen LogP contribution in [-0.2, 0) is 17.8 Å². The second-order valence-corrected chi connectivity index (χ2v) is 7.34. The summed E-state index contributed by atoms with van der Waals surface area (Å²) in [5.41, 5.74) is 1.98. The molecule has 1 aliphatic rings. The molecule has 160 valence electrons. The fourth-order valence-corrected chi connectivity index (χ4v) is 3.74. The zero-order chi connectivity index (χ0) is 21.8. The Morgan fingerprint density at radius 3 is 2.87 bits per heavy atom. The van der Waals surface area contributed by atoms with Crippen LogP contribution in [0.5, 0.6) is 11.5 Å². The van der Waals surface area contributed by atoms with E-state index in [2.05, 4.69) is 10.3 Å². The van der Waals surface area contributed by atoms with Gasteiger partial charge in [0.05, 0.1) is 24.6 Å². The molecule has 2 aromatic carbocycles. The monoisotopic (exact) mass is 419 g/mol. The van der Waals surface area contributed by atoms with Gasteiger partial charge in [0.25, 0.3) is 5.56 Å². The number of benzene rings is 2. The average molecular weight is 419 g/mol. The van der Waals surface area contributed by atoms with Crippen molar-refractivity contribution in [2.75, 3.05) is 19.0 Å². The molecule has 0 radical (unpaired) electrons. The van der Waals surface area contributed by atoms with E-state index in [-0.39, 0.29) is 11.5 Å². The summed E-state index contributed by atoms with van der Waals surface area (Å²) in [6.45, 7) is 3.15. The van der Waals surface area contributed by atoms with E-state index >= 15 is 0 Å². The summed E-state index contributed by atoms with van der Waals surface area (Å²) in [6, 6.07) is 10.7. The largest absolute Gasteiger partial charge is 0.493 e. The Morgan fingerprint density at radius 2 is 2.06 bits per heavy atom. The lowest BCUT2D eigenvalue weighted by atomic mass is 10.1. The Bertz CT molecular complexity index is 1210. The van der Waals surface area contributed by atoms with Crippen LogP contribution < -0.4 is 20.3 Å². The summed E-state index contributed by atoms with van der Waals surface area (Å²) in [6.07, 6.45) is 6.00. The standard InChI is InChI=1S/C24H25N3O4/c1-3-31-20-11-7-16(14-21(20)30-2)8-12-23(28)25-17-9-10-19-18(15-17)24(29)27-13-5-4-6-22(27)26-19/h7-12,14-15H,3-6,13H2,1-2H3,(H,25,28). The summed E-state index contributed by atoms with van der Waals surface area (Å²) in [5, 5.41) is 3.33. The van der Waals surface area contributed by atoms with E-state index in [9.17, 15) is 9.59 Å². The highest BCUT2D eigenvalue weighted by Crippen LogP contribution is 2.28. The molecule has 0 unspecified atom stereocenters. The number of aryl methyl sites for hydroxylation is 1. The molecule has 3 aromatic rings. The van der Waals surface area contributed by atoms with Crippen molar-refractivity contribution >= 4 is 28.6 Å². The molecule has 0 spiro atoms. The van der Waals surface area contributed by atoms with Gasteiger partial charge < -0.3 is 14.8 Å². The van der Waals surface area contributed by atoms with Gasteiger partial charge >= 0.3 is 0 Å². The van der Waals surface area contributed by atoms with Gasteiger partial charge in [-0.3, -0.25) is 14.2 Å². The number of nitrogens with zero attached hydrogens (tertiary/aromatic N) is 2. The Morgan fingerprint density at radius 1 is 1.19 bits per heavy atom. The van der Waals surface area contributed by atoms with Crippen molar-refractivity contribution < 1.29 is 14.3 Å². The van der Waals surface area contributed by atoms with E-state index in [0.717, 1.165) is 30.7 Å². The molecule has 0 aliphatic carbocycles. The first kappa shape index (κ1) is 20.7. The number of aromatic nitrogens is 2. The lowest BCUT2D eigenvalue weighted by molar-refractivity contribution is -0.111. The Labute approximate surface area is 180 Å². The van der Waals surface area contributed by atoms with Gasteiger partial charge in [-0.25, -0.2) is 4.98 Å². The van der Waals surface area contributed by atoms with Crippen LogP contribution in [-0.4, -0.2) is 29.2 Å². The molecule has 7 heteroatoms. The molecule has 31 heavy (non-hydrogen) atoms. The molecule has 4 rings (SSSR count). The number of rotatable bonds is 6. The number of fused-ring (bicyclic) bond motifs is 2. The quantitative estimate of drug-likeness (QED) is 0.615. The van der Waals surface area contributed by atoms with Crippen LogP contribution in [0.3, 0.4) is 0 Å². The molecular formula is C24H25N3O4. The fraction of sp³-hybridized carbons (Fsp3) is 0.292. The number of ether oxygens (including phenoxy) is 2. The van der Waals surface area contributed by atoms with Crippen LogP contribution in [0, 0.1) is 0 Å². The van der Waals surface area contributed by atoms with Gasteiger partial charge in [0.15, 0.2) is 11.5 Å². The summed E-state index contributed by atoms with van der Waals surface area (Å²) < 4.78 is 12.6. The summed E-state index contributed by atoms with van der Waals surface area (Å²) in [5.74, 6) is 1.81. The highest BCUT2D eigenvalue weighted by molar-refractivity contribution is 6.02. The average Bonchev–Trinajstić information content (AvgIpc) is 2.79. The molecule has 1 N–H and O–H groups in total. The minimum Gasteiger partial charge on any atom is -0.493 e. The minimum atomic E-state index is -0.293. The number of methoxy groups -OCH3 is 1. The molecule has 0 atom stereocenters. The fourth-order valence-electron chi connectivity index (χ4n) is 3.74. The van der Waals surface area contributed by atoms with Crippen LogP contribution in [0.1, 0.15) is 31.2 Å². The van der Waals surface area contributed by atoms with Crippen LogP contribution in [0.25, 0.3) is 17.0 Å². The third-order valence-electron chi connectivity index (χ3n) is 5.25. The minimum absolute atomic E-state index is 0.0483. The van der Waals surface area contributed by atoms with Crippen molar-refractivity contribution in [3.8, 4) is 11.5 Å². The zero-order valence-corrected chi connectivity index (χ0v) is 17.7. The third-order valence-corrected chi connectivity index (χ3v) is 5.25. The van der Waals surface area contributed by atoms with E-state index in [4.69, 9.17) is 9.47 Å². The maximum Gasteiger partial charge on any atom is 0.261 e. The van der Waals surface area contributed by atoms with Crippen molar-refractivity contribution in [3.05, 3.63) is 64.2 Å². The van der Waals surface area contributed by atoms with Gasteiger partial charge in [-0.1, -0.05) is 6.07 Å². The van der Waals surface area contributed by atoms with E-state index in [0.29, 0.717) is 41.2 Å². The lowest BCUT2D eigenvalue weighted by Gasteiger charge is -2.17. The second kappa shape index (κ2) is 9.04. The Balaban J connectivity index is 1.52. The number of hydrogen-bond acceptors (Lipinski definition) is 5. The highest BCUT2D eigenvalue weighted by atomic mass is 16.5. The molecule has 0 saturated carbocycles. The van der Waals surface area contributed by atoms with Crippen molar-refractivity contribution in [2.45, 2.75) is 32.7 Å².